The highest BCUT2D eigenvalue weighted by Crippen LogP contribution is 2.33. The molecule has 0 unspecified atom stereocenters. The van der Waals surface area contributed by atoms with Crippen molar-refractivity contribution in [1.82, 2.24) is 25.4 Å². The Labute approximate surface area is 190 Å². The molecule has 3 rings (SSSR count). The fraction of sp³-hybridized carbons (Fsp3) is 0.609. The molecule has 0 spiro atoms. The van der Waals surface area contributed by atoms with Crippen LogP contribution in [-0.4, -0.2) is 54.2 Å². The van der Waals surface area contributed by atoms with Gasteiger partial charge in [0.2, 0.25) is 0 Å². The molecule has 1 aromatic heterocycles. The first-order valence-corrected chi connectivity index (χ1v) is 12.4. The first kappa shape index (κ1) is 23.4. The van der Waals surface area contributed by atoms with Gasteiger partial charge in [-0.05, 0) is 50.5 Å². The fourth-order valence-corrected chi connectivity index (χ4v) is 4.81. The molecule has 1 fully saturated rings. The smallest absolute Gasteiger partial charge is 0.191 e. The Morgan fingerprint density at radius 1 is 1.19 bits per heavy atom. The van der Waals surface area contributed by atoms with E-state index >= 15 is 0 Å². The Hall–Kier alpha value is -2.22. The largest absolute Gasteiger partial charge is 0.496 e. The zero-order chi connectivity index (χ0) is 22.1. The summed E-state index contributed by atoms with van der Waals surface area (Å²) in [6, 6.07) is 6.87. The van der Waals surface area contributed by atoms with Crippen molar-refractivity contribution < 1.29 is 4.74 Å². The molecule has 1 heterocycles. The van der Waals surface area contributed by atoms with Gasteiger partial charge in [-0.15, -0.1) is 10.2 Å². The number of thioether (sulfide) groups is 1. The molecule has 0 bridgehead atoms. The third-order valence-electron chi connectivity index (χ3n) is 5.82. The van der Waals surface area contributed by atoms with Crippen LogP contribution in [0, 0.1) is 6.92 Å². The Bertz CT molecular complexity index is 860. The molecular weight excluding hydrogens is 408 g/mol. The molecule has 0 aliphatic heterocycles. The monoisotopic (exact) mass is 444 g/mol. The van der Waals surface area contributed by atoms with Gasteiger partial charge in [0, 0.05) is 32.6 Å². The number of aryl methyl sites for hydroxylation is 2. The van der Waals surface area contributed by atoms with Gasteiger partial charge < -0.3 is 19.9 Å². The first-order valence-electron chi connectivity index (χ1n) is 11.2. The van der Waals surface area contributed by atoms with Crippen molar-refractivity contribution in [3.05, 3.63) is 35.2 Å². The lowest BCUT2D eigenvalue weighted by molar-refractivity contribution is 0.409. The van der Waals surface area contributed by atoms with Gasteiger partial charge >= 0.3 is 0 Å². The highest BCUT2D eigenvalue weighted by molar-refractivity contribution is 7.98. The average Bonchev–Trinajstić information content (AvgIpc) is 3.44. The highest BCUT2D eigenvalue weighted by atomic mass is 32.2. The molecule has 1 saturated carbocycles. The number of nitrogens with zero attached hydrogens (tertiary/aromatic N) is 4. The Morgan fingerprint density at radius 2 is 1.97 bits per heavy atom. The summed E-state index contributed by atoms with van der Waals surface area (Å²) in [5.41, 5.74) is 2.45. The van der Waals surface area contributed by atoms with Crippen LogP contribution in [0.4, 0.5) is 0 Å². The number of aromatic nitrogens is 3. The lowest BCUT2D eigenvalue weighted by Crippen LogP contribution is -2.38. The normalized spacial score (nSPS) is 14.8. The minimum atomic E-state index is 0.577. The summed E-state index contributed by atoms with van der Waals surface area (Å²) in [4.78, 5) is 4.35. The number of ether oxygens (including phenoxy) is 1. The molecule has 1 aromatic carbocycles. The van der Waals surface area contributed by atoms with Gasteiger partial charge in [-0.25, -0.2) is 0 Å². The van der Waals surface area contributed by atoms with Crippen LogP contribution < -0.4 is 15.4 Å². The third-order valence-corrected chi connectivity index (χ3v) is 6.47. The van der Waals surface area contributed by atoms with E-state index in [2.05, 4.69) is 55.7 Å². The maximum Gasteiger partial charge on any atom is 0.191 e. The van der Waals surface area contributed by atoms with E-state index in [0.717, 1.165) is 55.0 Å². The minimum absolute atomic E-state index is 0.577. The van der Waals surface area contributed by atoms with Crippen LogP contribution in [0.25, 0.3) is 0 Å². The molecular formula is C23H36N6OS. The van der Waals surface area contributed by atoms with Gasteiger partial charge in [-0.3, -0.25) is 4.99 Å². The second kappa shape index (κ2) is 12.0. The first-order chi connectivity index (χ1) is 15.2. The van der Waals surface area contributed by atoms with Crippen molar-refractivity contribution in [3.8, 4) is 5.75 Å². The van der Waals surface area contributed by atoms with Gasteiger partial charge in [-0.2, -0.15) is 0 Å². The Kier molecular flexibility index (Phi) is 9.06. The zero-order valence-electron chi connectivity index (χ0n) is 19.3. The molecule has 31 heavy (non-hydrogen) atoms. The van der Waals surface area contributed by atoms with E-state index in [4.69, 9.17) is 4.74 Å². The fourth-order valence-electron chi connectivity index (χ4n) is 4.24. The quantitative estimate of drug-likeness (QED) is 0.251. The number of nitrogens with one attached hydrogen (secondary N) is 2. The van der Waals surface area contributed by atoms with Crippen molar-refractivity contribution in [3.63, 3.8) is 0 Å². The Balaban J connectivity index is 1.44. The average molecular weight is 445 g/mol. The van der Waals surface area contributed by atoms with E-state index < -0.39 is 0 Å². The van der Waals surface area contributed by atoms with Gasteiger partial charge in [0.25, 0.3) is 0 Å². The van der Waals surface area contributed by atoms with Crippen LogP contribution in [0.15, 0.2) is 28.3 Å². The molecule has 0 amide bonds. The topological polar surface area (TPSA) is 76.4 Å². The summed E-state index contributed by atoms with van der Waals surface area (Å²) < 4.78 is 7.86. The molecule has 8 heteroatoms. The summed E-state index contributed by atoms with van der Waals surface area (Å²) in [5, 5.41) is 16.8. The van der Waals surface area contributed by atoms with Gasteiger partial charge in [0.05, 0.1) is 7.11 Å². The van der Waals surface area contributed by atoms with E-state index in [1.165, 1.54) is 36.8 Å². The molecule has 7 nitrogen and oxygen atoms in total. The van der Waals surface area contributed by atoms with E-state index in [9.17, 15) is 0 Å². The van der Waals surface area contributed by atoms with Gasteiger partial charge in [-0.1, -0.05) is 42.3 Å². The molecule has 1 aliphatic rings. The van der Waals surface area contributed by atoms with Crippen LogP contribution >= 0.6 is 11.8 Å². The molecule has 0 atom stereocenters. The van der Waals surface area contributed by atoms with Crippen LogP contribution in [0.1, 0.15) is 55.1 Å². The molecule has 0 radical (unpaired) electrons. The van der Waals surface area contributed by atoms with Crippen molar-refractivity contribution >= 4 is 17.7 Å². The summed E-state index contributed by atoms with van der Waals surface area (Å²) in [6.07, 6.45) is 10.0. The van der Waals surface area contributed by atoms with E-state index in [1.54, 1.807) is 18.9 Å². The molecule has 0 saturated heterocycles. The number of benzene rings is 1. The Morgan fingerprint density at radius 3 is 2.68 bits per heavy atom. The van der Waals surface area contributed by atoms with Crippen LogP contribution in [0.5, 0.6) is 5.75 Å². The molecule has 2 aromatic rings. The maximum absolute atomic E-state index is 5.47. The zero-order valence-corrected chi connectivity index (χ0v) is 20.1. The SMILES string of the molecule is CN=C(NCCCc1nnc(SC)n1C1CCCC1)NCCc1cc(C)ccc1OC. The molecule has 1 aliphatic carbocycles. The number of hydrogen-bond donors (Lipinski definition) is 2. The lowest BCUT2D eigenvalue weighted by atomic mass is 10.1. The van der Waals surface area contributed by atoms with E-state index in [-0.39, 0.29) is 0 Å². The maximum atomic E-state index is 5.47. The number of guanidine groups is 1. The highest BCUT2D eigenvalue weighted by Gasteiger charge is 2.23. The van der Waals surface area contributed by atoms with E-state index in [0.29, 0.717) is 6.04 Å². The lowest BCUT2D eigenvalue weighted by Gasteiger charge is -2.16. The number of hydrogen-bond acceptors (Lipinski definition) is 5. The summed E-state index contributed by atoms with van der Waals surface area (Å²) in [6.45, 7) is 3.75. The summed E-state index contributed by atoms with van der Waals surface area (Å²) in [5.74, 6) is 2.88. The summed E-state index contributed by atoms with van der Waals surface area (Å²) in [7, 11) is 3.53. The van der Waals surface area contributed by atoms with Crippen molar-refractivity contribution in [2.24, 2.45) is 4.99 Å². The van der Waals surface area contributed by atoms with Gasteiger partial charge in [0.1, 0.15) is 11.6 Å². The van der Waals surface area contributed by atoms with Crippen LogP contribution in [0.2, 0.25) is 0 Å². The van der Waals surface area contributed by atoms with Crippen LogP contribution in [0.3, 0.4) is 0 Å². The van der Waals surface area contributed by atoms with Crippen molar-refractivity contribution in [2.75, 3.05) is 33.5 Å². The molecule has 2 N–H and O–H groups in total. The van der Waals surface area contributed by atoms with Crippen molar-refractivity contribution in [1.29, 1.82) is 0 Å². The third kappa shape index (κ3) is 6.38. The second-order valence-corrected chi connectivity index (χ2v) is 8.78. The summed E-state index contributed by atoms with van der Waals surface area (Å²) >= 11 is 1.70. The second-order valence-electron chi connectivity index (χ2n) is 8.01. The molecule has 170 valence electrons. The standard InChI is InChI=1S/C23H36N6OS/c1-17-11-12-20(30-3)18(16-17)13-15-26-22(24-2)25-14-7-10-21-27-28-23(31-4)29(21)19-8-5-6-9-19/h11-12,16,19H,5-10,13-15H2,1-4H3,(H2,24,25,26). The van der Waals surface area contributed by atoms with E-state index in [1.807, 2.05) is 13.1 Å². The minimum Gasteiger partial charge on any atom is -0.496 e. The predicted molar refractivity (Wildman–Crippen MR) is 128 cm³/mol. The van der Waals surface area contributed by atoms with Crippen molar-refractivity contribution in [2.45, 2.75) is 63.1 Å². The number of rotatable bonds is 10. The predicted octanol–water partition coefficient (Wildman–Crippen LogP) is 3.77. The van der Waals surface area contributed by atoms with Crippen LogP contribution in [-0.2, 0) is 12.8 Å². The van der Waals surface area contributed by atoms with Gasteiger partial charge in [0.15, 0.2) is 11.1 Å². The number of aliphatic imine (C=N–C) groups is 1. The number of methoxy groups -OCH3 is 1.